The summed E-state index contributed by atoms with van der Waals surface area (Å²) in [6.07, 6.45) is 0. The molecule has 2 aromatic carbocycles. The lowest BCUT2D eigenvalue weighted by molar-refractivity contribution is -0.142. The molecular weight excluding hydrogens is 415 g/mol. The number of hydrogen-bond donors (Lipinski definition) is 2. The highest BCUT2D eigenvalue weighted by Gasteiger charge is 2.47. The average molecular weight is 429 g/mol. The van der Waals surface area contributed by atoms with Crippen molar-refractivity contribution in [2.45, 2.75) is 10.9 Å². The third-order valence-electron chi connectivity index (χ3n) is 4.18. The summed E-state index contributed by atoms with van der Waals surface area (Å²) in [5.74, 6) is -3.16. The van der Waals surface area contributed by atoms with Crippen LogP contribution < -0.4 is 9.62 Å². The molecule has 2 aromatic rings. The minimum absolute atomic E-state index is 0.0259. The molecule has 1 amide bonds. The number of aliphatic carboxylic acids is 1. The Labute approximate surface area is 165 Å². The summed E-state index contributed by atoms with van der Waals surface area (Å²) < 4.78 is 27.5. The number of nitrogens with zero attached hydrogens (tertiary/aromatic N) is 1. The molecule has 1 heterocycles. The minimum atomic E-state index is -4.19. The Morgan fingerprint density at radius 2 is 1.78 bits per heavy atom. The molecule has 0 unspecified atom stereocenters. The number of nitrogens with one attached hydrogen (secondary N) is 1. The Morgan fingerprint density at radius 1 is 1.11 bits per heavy atom. The van der Waals surface area contributed by atoms with Crippen LogP contribution in [0, 0.1) is 5.92 Å². The number of benzene rings is 2. The normalized spacial score (nSPS) is 20.1. The minimum Gasteiger partial charge on any atom is -0.481 e. The van der Waals surface area contributed by atoms with Gasteiger partial charge in [-0.3, -0.25) is 9.59 Å². The molecule has 0 aromatic heterocycles. The van der Waals surface area contributed by atoms with Crippen LogP contribution >= 0.6 is 23.2 Å². The van der Waals surface area contributed by atoms with Gasteiger partial charge in [-0.2, -0.15) is 4.72 Å². The molecule has 1 aliphatic heterocycles. The quantitative estimate of drug-likeness (QED) is 0.760. The van der Waals surface area contributed by atoms with Gasteiger partial charge in [0.25, 0.3) is 0 Å². The zero-order chi connectivity index (χ0) is 19.8. The van der Waals surface area contributed by atoms with E-state index in [2.05, 4.69) is 4.72 Å². The Bertz CT molecular complexity index is 998. The summed E-state index contributed by atoms with van der Waals surface area (Å²) in [7, 11) is -4.19. The molecule has 0 saturated carbocycles. The average Bonchev–Trinajstić information content (AvgIpc) is 2.94. The molecule has 0 bridgehead atoms. The van der Waals surface area contributed by atoms with Gasteiger partial charge in [0.2, 0.25) is 15.9 Å². The maximum Gasteiger partial charge on any atom is 0.310 e. The van der Waals surface area contributed by atoms with Crippen molar-refractivity contribution in [2.24, 2.45) is 5.92 Å². The second kappa shape index (κ2) is 7.47. The Morgan fingerprint density at radius 3 is 2.37 bits per heavy atom. The van der Waals surface area contributed by atoms with Crippen LogP contribution in [0.3, 0.4) is 0 Å². The van der Waals surface area contributed by atoms with Gasteiger partial charge in [0.1, 0.15) is 6.04 Å². The van der Waals surface area contributed by atoms with E-state index in [1.807, 2.05) is 0 Å². The summed E-state index contributed by atoms with van der Waals surface area (Å²) in [5, 5.41) is 9.66. The Balaban J connectivity index is 1.92. The van der Waals surface area contributed by atoms with Gasteiger partial charge < -0.3 is 10.0 Å². The molecule has 3 rings (SSSR count). The first-order chi connectivity index (χ1) is 12.7. The Hall–Kier alpha value is -2.13. The zero-order valence-corrected chi connectivity index (χ0v) is 16.0. The van der Waals surface area contributed by atoms with Crippen molar-refractivity contribution in [1.82, 2.24) is 4.72 Å². The van der Waals surface area contributed by atoms with Crippen LogP contribution in [0.2, 0.25) is 10.0 Å². The molecule has 10 heteroatoms. The first-order valence-corrected chi connectivity index (χ1v) is 10.0. The van der Waals surface area contributed by atoms with Gasteiger partial charge in [-0.05, 0) is 30.3 Å². The van der Waals surface area contributed by atoms with Gasteiger partial charge in [0.15, 0.2) is 0 Å². The van der Waals surface area contributed by atoms with Crippen LogP contribution in [0.15, 0.2) is 53.4 Å². The molecule has 27 heavy (non-hydrogen) atoms. The van der Waals surface area contributed by atoms with Gasteiger partial charge in [-0.25, -0.2) is 8.42 Å². The van der Waals surface area contributed by atoms with Gasteiger partial charge in [-0.15, -0.1) is 0 Å². The van der Waals surface area contributed by atoms with Crippen LogP contribution in [0.1, 0.15) is 0 Å². The first-order valence-electron chi connectivity index (χ1n) is 7.77. The summed E-state index contributed by atoms with van der Waals surface area (Å²) in [6.45, 7) is -0.146. The number of rotatable bonds is 5. The monoisotopic (exact) mass is 428 g/mol. The molecule has 0 radical (unpaired) electrons. The molecular formula is C17H14Cl2N2O5S. The second-order valence-corrected chi connectivity index (χ2v) is 8.43. The smallest absolute Gasteiger partial charge is 0.310 e. The number of amides is 1. The standard InChI is InChI=1S/C17H14Cl2N2O5S/c18-13-7-6-11(8-14(13)19)27(25,26)20-15-12(17(23)24)9-21(16(15)22)10-4-2-1-3-5-10/h1-8,12,15,20H,9H2,(H,23,24)/t12-,15-/m0/s1. The number of carbonyl (C=O) groups is 2. The van der Waals surface area contributed by atoms with E-state index in [1.165, 1.54) is 17.0 Å². The zero-order valence-electron chi connectivity index (χ0n) is 13.7. The predicted octanol–water partition coefficient (Wildman–Crippen LogP) is 2.39. The van der Waals surface area contributed by atoms with Gasteiger partial charge >= 0.3 is 5.97 Å². The molecule has 0 aliphatic carbocycles. The molecule has 2 N–H and O–H groups in total. The predicted molar refractivity (Wildman–Crippen MR) is 100 cm³/mol. The second-order valence-electron chi connectivity index (χ2n) is 5.90. The molecule has 1 aliphatic rings. The number of sulfonamides is 1. The number of halogens is 2. The number of carbonyl (C=O) groups excluding carboxylic acids is 1. The summed E-state index contributed by atoms with van der Waals surface area (Å²) >= 11 is 11.6. The van der Waals surface area contributed by atoms with E-state index in [0.717, 1.165) is 6.07 Å². The van der Waals surface area contributed by atoms with Gasteiger partial charge in [0, 0.05) is 12.2 Å². The number of anilines is 1. The first kappa shape index (κ1) is 19.6. The van der Waals surface area contributed by atoms with Crippen LogP contribution in [-0.2, 0) is 19.6 Å². The van der Waals surface area contributed by atoms with Crippen molar-refractivity contribution >= 4 is 50.8 Å². The van der Waals surface area contributed by atoms with Crippen molar-refractivity contribution < 1.29 is 23.1 Å². The van der Waals surface area contributed by atoms with E-state index in [-0.39, 0.29) is 21.5 Å². The largest absolute Gasteiger partial charge is 0.481 e. The lowest BCUT2D eigenvalue weighted by atomic mass is 10.1. The third kappa shape index (κ3) is 3.93. The molecule has 1 fully saturated rings. The number of carboxylic acid groups (broad SMARTS) is 1. The number of carboxylic acids is 1. The fourth-order valence-electron chi connectivity index (χ4n) is 2.81. The highest BCUT2D eigenvalue weighted by atomic mass is 35.5. The molecule has 0 spiro atoms. The van der Waals surface area contributed by atoms with Crippen LogP contribution in [0.4, 0.5) is 5.69 Å². The lowest BCUT2D eigenvalue weighted by Gasteiger charge is -2.17. The topological polar surface area (TPSA) is 104 Å². The molecule has 142 valence electrons. The van der Waals surface area contributed by atoms with E-state index in [9.17, 15) is 23.1 Å². The van der Waals surface area contributed by atoms with Crippen molar-refractivity contribution in [3.63, 3.8) is 0 Å². The maximum atomic E-state index is 12.7. The summed E-state index contributed by atoms with van der Waals surface area (Å²) in [6, 6.07) is 10.7. The van der Waals surface area contributed by atoms with E-state index < -0.39 is 33.9 Å². The van der Waals surface area contributed by atoms with Crippen molar-refractivity contribution in [2.75, 3.05) is 11.4 Å². The van der Waals surface area contributed by atoms with Crippen LogP contribution in [0.5, 0.6) is 0 Å². The van der Waals surface area contributed by atoms with E-state index in [4.69, 9.17) is 23.2 Å². The molecule has 2 atom stereocenters. The maximum absolute atomic E-state index is 12.7. The van der Waals surface area contributed by atoms with Crippen molar-refractivity contribution in [3.05, 3.63) is 58.6 Å². The number of para-hydroxylation sites is 1. The number of hydrogen-bond acceptors (Lipinski definition) is 4. The molecule has 1 saturated heterocycles. The highest BCUT2D eigenvalue weighted by Crippen LogP contribution is 2.28. The van der Waals surface area contributed by atoms with Crippen LogP contribution in [-0.4, -0.2) is 38.0 Å². The summed E-state index contributed by atoms with van der Waals surface area (Å²) in [5.41, 5.74) is 0.491. The summed E-state index contributed by atoms with van der Waals surface area (Å²) in [4.78, 5) is 25.4. The SMILES string of the molecule is O=C(O)[C@H]1CN(c2ccccc2)C(=O)[C@H]1NS(=O)(=O)c1ccc(Cl)c(Cl)c1. The van der Waals surface area contributed by atoms with E-state index in [0.29, 0.717) is 5.69 Å². The fraction of sp³-hybridized carbons (Fsp3) is 0.176. The van der Waals surface area contributed by atoms with E-state index >= 15 is 0 Å². The van der Waals surface area contributed by atoms with Crippen LogP contribution in [0.25, 0.3) is 0 Å². The lowest BCUT2D eigenvalue weighted by Crippen LogP contribution is -2.45. The fourth-order valence-corrected chi connectivity index (χ4v) is 4.42. The third-order valence-corrected chi connectivity index (χ3v) is 6.36. The molecule has 7 nitrogen and oxygen atoms in total. The van der Waals surface area contributed by atoms with Crippen molar-refractivity contribution in [3.8, 4) is 0 Å². The van der Waals surface area contributed by atoms with Gasteiger partial charge in [0.05, 0.1) is 20.9 Å². The van der Waals surface area contributed by atoms with E-state index in [1.54, 1.807) is 30.3 Å². The highest BCUT2D eigenvalue weighted by molar-refractivity contribution is 7.89. The van der Waals surface area contributed by atoms with Gasteiger partial charge in [-0.1, -0.05) is 41.4 Å². The Kier molecular flexibility index (Phi) is 5.43. The van der Waals surface area contributed by atoms with Crippen molar-refractivity contribution in [1.29, 1.82) is 0 Å².